The summed E-state index contributed by atoms with van der Waals surface area (Å²) in [6.45, 7) is 1.36. The van der Waals surface area contributed by atoms with Crippen molar-refractivity contribution in [1.29, 1.82) is 0 Å². The zero-order valence-corrected chi connectivity index (χ0v) is 21.2. The molecule has 2 amide bonds. The fraction of sp³-hybridized carbons (Fsp3) is 0.259. The third-order valence-corrected chi connectivity index (χ3v) is 5.24. The Balaban J connectivity index is 1.53. The van der Waals surface area contributed by atoms with Crippen LogP contribution in [0.15, 0.2) is 71.7 Å². The maximum absolute atomic E-state index is 13.0. The first-order chi connectivity index (χ1) is 18.9. The third kappa shape index (κ3) is 8.81. The fourth-order valence-electron chi connectivity index (χ4n) is 3.40. The van der Waals surface area contributed by atoms with Crippen LogP contribution in [0.3, 0.4) is 0 Å². The van der Waals surface area contributed by atoms with Crippen LogP contribution in [0.2, 0.25) is 0 Å². The van der Waals surface area contributed by atoms with Gasteiger partial charge in [0.25, 0.3) is 17.4 Å². The molecule has 0 saturated heterocycles. The molecule has 1 heterocycles. The Morgan fingerprint density at radius 3 is 2.08 bits per heavy atom. The van der Waals surface area contributed by atoms with Crippen LogP contribution in [0.5, 0.6) is 0 Å². The second-order valence-electron chi connectivity index (χ2n) is 7.96. The summed E-state index contributed by atoms with van der Waals surface area (Å²) in [5, 5.41) is 5.28. The highest BCUT2D eigenvalue weighted by molar-refractivity contribution is 5.95. The monoisotopic (exact) mass is 536 g/mol. The van der Waals surface area contributed by atoms with E-state index in [0.29, 0.717) is 0 Å². The summed E-state index contributed by atoms with van der Waals surface area (Å²) in [6, 6.07) is 18.0. The van der Waals surface area contributed by atoms with Gasteiger partial charge < -0.3 is 29.8 Å². The summed E-state index contributed by atoms with van der Waals surface area (Å²) in [4.78, 5) is 66.9. The summed E-state index contributed by atoms with van der Waals surface area (Å²) in [6.07, 6.45) is -0.0116. The quantitative estimate of drug-likeness (QED) is 0.232. The Labute approximate surface area is 223 Å². The number of nitrogens with one attached hydrogen (secondary N) is 3. The number of esters is 1. The SMILES string of the molecule is CCOC(=O)OCCOC(=O)CCNC(=O)c1ncc(C(=O)NC(c2ccccc2)c2ccccc2)c(=O)[nH]1. The molecule has 1 aromatic heterocycles. The van der Waals surface area contributed by atoms with Crippen molar-refractivity contribution < 1.29 is 33.4 Å². The number of aromatic amines is 1. The fourth-order valence-corrected chi connectivity index (χ4v) is 3.40. The van der Waals surface area contributed by atoms with E-state index in [2.05, 4.69) is 30.1 Å². The van der Waals surface area contributed by atoms with Crippen molar-refractivity contribution in [3.05, 3.63) is 99.7 Å². The maximum Gasteiger partial charge on any atom is 0.508 e. The van der Waals surface area contributed by atoms with E-state index in [-0.39, 0.29) is 44.2 Å². The minimum absolute atomic E-state index is 0.0990. The smallest absolute Gasteiger partial charge is 0.462 e. The molecule has 0 aliphatic heterocycles. The molecule has 0 radical (unpaired) electrons. The maximum atomic E-state index is 13.0. The van der Waals surface area contributed by atoms with Crippen LogP contribution in [0.4, 0.5) is 4.79 Å². The molecule has 0 bridgehead atoms. The molecule has 3 rings (SSSR count). The number of nitrogens with zero attached hydrogens (tertiary/aromatic N) is 1. The Bertz CT molecular complexity index is 1290. The Hall–Kier alpha value is -5.00. The molecule has 0 unspecified atom stereocenters. The minimum Gasteiger partial charge on any atom is -0.462 e. The Morgan fingerprint density at radius 1 is 0.872 bits per heavy atom. The van der Waals surface area contributed by atoms with E-state index in [1.54, 1.807) is 6.92 Å². The van der Waals surface area contributed by atoms with Crippen LogP contribution in [0.1, 0.15) is 51.5 Å². The van der Waals surface area contributed by atoms with Gasteiger partial charge in [-0.3, -0.25) is 19.2 Å². The van der Waals surface area contributed by atoms with Crippen LogP contribution in [-0.2, 0) is 19.0 Å². The lowest BCUT2D eigenvalue weighted by atomic mass is 9.98. The first kappa shape index (κ1) is 28.6. The van der Waals surface area contributed by atoms with Crippen LogP contribution in [-0.4, -0.2) is 60.3 Å². The number of hydrogen-bond acceptors (Lipinski definition) is 9. The highest BCUT2D eigenvalue weighted by Gasteiger charge is 2.21. The molecule has 3 aromatic rings. The standard InChI is InChI=1S/C27H28N4O8/c1-2-37-27(36)39-16-15-38-21(32)13-14-28-26(35)23-29-17-20(25(34)31-23)24(33)30-22(18-9-5-3-6-10-18)19-11-7-4-8-12-19/h3-12,17,22H,2,13-16H2,1H3,(H,28,35)(H,30,33)(H,29,31,34). The average Bonchev–Trinajstić information content (AvgIpc) is 2.95. The normalized spacial score (nSPS) is 10.4. The highest BCUT2D eigenvalue weighted by Crippen LogP contribution is 2.22. The molecule has 12 nitrogen and oxygen atoms in total. The van der Waals surface area contributed by atoms with E-state index in [0.717, 1.165) is 17.3 Å². The van der Waals surface area contributed by atoms with Gasteiger partial charge in [-0.05, 0) is 18.1 Å². The second-order valence-corrected chi connectivity index (χ2v) is 7.96. The number of benzene rings is 2. The first-order valence-electron chi connectivity index (χ1n) is 12.1. The molecule has 2 aromatic carbocycles. The van der Waals surface area contributed by atoms with Crippen molar-refractivity contribution in [1.82, 2.24) is 20.6 Å². The van der Waals surface area contributed by atoms with Gasteiger partial charge in [0.1, 0.15) is 18.8 Å². The zero-order chi connectivity index (χ0) is 28.0. The van der Waals surface area contributed by atoms with Gasteiger partial charge in [-0.1, -0.05) is 60.7 Å². The molecule has 0 fully saturated rings. The number of aromatic nitrogens is 2. The Kier molecular flexibility index (Phi) is 10.7. The average molecular weight is 537 g/mol. The number of hydrogen-bond donors (Lipinski definition) is 3. The molecule has 0 saturated carbocycles. The predicted octanol–water partition coefficient (Wildman–Crippen LogP) is 2.13. The summed E-state index contributed by atoms with van der Waals surface area (Å²) < 4.78 is 14.1. The lowest BCUT2D eigenvalue weighted by Crippen LogP contribution is -2.35. The lowest BCUT2D eigenvalue weighted by molar-refractivity contribution is -0.144. The van der Waals surface area contributed by atoms with Crippen LogP contribution in [0, 0.1) is 0 Å². The largest absolute Gasteiger partial charge is 0.508 e. The molecule has 0 spiro atoms. The summed E-state index contributed by atoms with van der Waals surface area (Å²) in [7, 11) is 0. The second kappa shape index (κ2) is 14.7. The van der Waals surface area contributed by atoms with Gasteiger partial charge in [-0.2, -0.15) is 0 Å². The van der Waals surface area contributed by atoms with Crippen molar-refractivity contribution in [2.75, 3.05) is 26.4 Å². The van der Waals surface area contributed by atoms with E-state index in [1.165, 1.54) is 0 Å². The molecule has 0 aliphatic rings. The molecule has 12 heteroatoms. The van der Waals surface area contributed by atoms with Crippen molar-refractivity contribution in [3.63, 3.8) is 0 Å². The minimum atomic E-state index is -0.863. The van der Waals surface area contributed by atoms with Crippen LogP contribution < -0.4 is 16.2 Å². The number of carbonyl (C=O) groups excluding carboxylic acids is 4. The van der Waals surface area contributed by atoms with Gasteiger partial charge >= 0.3 is 12.1 Å². The number of ether oxygens (including phenoxy) is 3. The van der Waals surface area contributed by atoms with Gasteiger partial charge in [-0.25, -0.2) is 9.78 Å². The Morgan fingerprint density at radius 2 is 1.49 bits per heavy atom. The summed E-state index contributed by atoms with van der Waals surface area (Å²) in [5.74, 6) is -2.37. The molecule has 39 heavy (non-hydrogen) atoms. The van der Waals surface area contributed by atoms with E-state index in [4.69, 9.17) is 4.74 Å². The number of carbonyl (C=O) groups is 4. The van der Waals surface area contributed by atoms with Crippen molar-refractivity contribution in [2.24, 2.45) is 0 Å². The zero-order valence-electron chi connectivity index (χ0n) is 21.2. The molecule has 3 N–H and O–H groups in total. The van der Waals surface area contributed by atoms with Gasteiger partial charge in [0.2, 0.25) is 0 Å². The lowest BCUT2D eigenvalue weighted by Gasteiger charge is -2.19. The van der Waals surface area contributed by atoms with Gasteiger partial charge in [0, 0.05) is 12.7 Å². The molecular formula is C27H28N4O8. The summed E-state index contributed by atoms with van der Waals surface area (Å²) >= 11 is 0. The van der Waals surface area contributed by atoms with E-state index >= 15 is 0 Å². The number of rotatable bonds is 12. The van der Waals surface area contributed by atoms with Gasteiger partial charge in [0.15, 0.2) is 5.82 Å². The predicted molar refractivity (Wildman–Crippen MR) is 138 cm³/mol. The topological polar surface area (TPSA) is 166 Å². The van der Waals surface area contributed by atoms with E-state index < -0.39 is 35.5 Å². The van der Waals surface area contributed by atoms with Crippen LogP contribution in [0.25, 0.3) is 0 Å². The third-order valence-electron chi connectivity index (χ3n) is 5.24. The molecule has 0 atom stereocenters. The molecule has 204 valence electrons. The van der Waals surface area contributed by atoms with E-state index in [1.807, 2.05) is 60.7 Å². The van der Waals surface area contributed by atoms with Gasteiger partial charge in [-0.15, -0.1) is 0 Å². The number of H-pyrrole nitrogens is 1. The van der Waals surface area contributed by atoms with Crippen LogP contribution >= 0.6 is 0 Å². The van der Waals surface area contributed by atoms with Crippen molar-refractivity contribution in [3.8, 4) is 0 Å². The van der Waals surface area contributed by atoms with Gasteiger partial charge in [0.05, 0.1) is 19.1 Å². The first-order valence-corrected chi connectivity index (χ1v) is 12.1. The number of amides is 2. The van der Waals surface area contributed by atoms with Crippen molar-refractivity contribution >= 4 is 23.9 Å². The highest BCUT2D eigenvalue weighted by atomic mass is 16.7. The molecule has 0 aliphatic carbocycles. The summed E-state index contributed by atoms with van der Waals surface area (Å²) in [5.41, 5.74) is 0.579. The van der Waals surface area contributed by atoms with Crippen molar-refractivity contribution in [2.45, 2.75) is 19.4 Å². The van der Waals surface area contributed by atoms with E-state index in [9.17, 15) is 24.0 Å². The molecular weight excluding hydrogens is 508 g/mol.